The summed E-state index contributed by atoms with van der Waals surface area (Å²) in [5.41, 5.74) is -1.76. The molecule has 0 saturated carbocycles. The maximum atomic E-state index is 13.2. The molecule has 1 aliphatic heterocycles. The molecule has 4 atom stereocenters. The summed E-state index contributed by atoms with van der Waals surface area (Å²) in [6.45, 7) is -0.588. The molecule has 10 nitrogen and oxygen atoms in total. The van der Waals surface area contributed by atoms with Crippen LogP contribution in [0.25, 0.3) is 32.3 Å². The van der Waals surface area contributed by atoms with E-state index in [4.69, 9.17) is 4.74 Å². The summed E-state index contributed by atoms with van der Waals surface area (Å²) in [6, 6.07) is 17.6. The van der Waals surface area contributed by atoms with E-state index in [2.05, 4.69) is 10.3 Å². The zero-order valence-corrected chi connectivity index (χ0v) is 18.7. The molecule has 4 aromatic carbocycles. The molecule has 182 valence electrons. The third-order valence-corrected chi connectivity index (χ3v) is 6.78. The van der Waals surface area contributed by atoms with Crippen LogP contribution in [-0.2, 0) is 4.74 Å². The summed E-state index contributed by atoms with van der Waals surface area (Å²) in [7, 11) is 0. The van der Waals surface area contributed by atoms with Gasteiger partial charge in [-0.1, -0.05) is 48.5 Å². The van der Waals surface area contributed by atoms with Crippen LogP contribution in [0.4, 0.5) is 5.69 Å². The highest BCUT2D eigenvalue weighted by atomic mass is 16.6. The molecule has 2 heterocycles. The van der Waals surface area contributed by atoms with Crippen molar-refractivity contribution in [1.82, 2.24) is 9.55 Å². The lowest BCUT2D eigenvalue weighted by Crippen LogP contribution is -2.40. The lowest BCUT2D eigenvalue weighted by atomic mass is 9.93. The van der Waals surface area contributed by atoms with E-state index in [9.17, 15) is 29.7 Å². The summed E-state index contributed by atoms with van der Waals surface area (Å²) in [5, 5.41) is 38.4. The van der Waals surface area contributed by atoms with E-state index >= 15 is 0 Å². The van der Waals surface area contributed by atoms with E-state index in [0.717, 1.165) is 43.1 Å². The van der Waals surface area contributed by atoms with Crippen molar-refractivity contribution in [2.45, 2.75) is 24.5 Å². The number of aliphatic hydroxyl groups excluding tert-OH is 3. The van der Waals surface area contributed by atoms with Crippen molar-refractivity contribution < 1.29 is 24.9 Å². The number of H-pyrrole nitrogens is 1. The van der Waals surface area contributed by atoms with Gasteiger partial charge in [0, 0.05) is 17.3 Å². The molecule has 0 spiro atoms. The topological polar surface area (TPSA) is 154 Å². The van der Waals surface area contributed by atoms with Gasteiger partial charge in [-0.3, -0.25) is 19.1 Å². The first-order valence-electron chi connectivity index (χ1n) is 11.3. The Morgan fingerprint density at radius 3 is 2.31 bits per heavy atom. The monoisotopic (exact) mass is 487 g/mol. The van der Waals surface area contributed by atoms with Crippen LogP contribution in [0.2, 0.25) is 0 Å². The molecule has 5 N–H and O–H groups in total. The second-order valence-corrected chi connectivity index (χ2v) is 8.86. The summed E-state index contributed by atoms with van der Waals surface area (Å²) in [6.07, 6.45) is -4.55. The number of nitrogens with one attached hydrogen (secondary N) is 2. The minimum Gasteiger partial charge on any atom is -0.394 e. The number of aromatic amines is 1. The predicted octanol–water partition coefficient (Wildman–Crippen LogP) is 1.30. The summed E-state index contributed by atoms with van der Waals surface area (Å²) in [4.78, 5) is 40.2. The number of nitrogens with zero attached hydrogens (tertiary/aromatic N) is 1. The van der Waals surface area contributed by atoms with Crippen LogP contribution in [0.3, 0.4) is 0 Å². The largest absolute Gasteiger partial charge is 0.394 e. The summed E-state index contributed by atoms with van der Waals surface area (Å²) >= 11 is 0. The van der Waals surface area contributed by atoms with Crippen LogP contribution in [0, 0.1) is 0 Å². The van der Waals surface area contributed by atoms with Crippen LogP contribution < -0.4 is 16.6 Å². The first-order chi connectivity index (χ1) is 17.4. The molecule has 10 heteroatoms. The average molecular weight is 487 g/mol. The number of rotatable bonds is 4. The van der Waals surface area contributed by atoms with Crippen molar-refractivity contribution in [3.05, 3.63) is 87.2 Å². The van der Waals surface area contributed by atoms with Crippen molar-refractivity contribution in [2.24, 2.45) is 0 Å². The fraction of sp³-hybridized carbons (Fsp3) is 0.192. The zero-order chi connectivity index (χ0) is 25.1. The normalized spacial score (nSPS) is 22.1. The smallest absolute Gasteiger partial charge is 0.330 e. The molecule has 0 aliphatic carbocycles. The van der Waals surface area contributed by atoms with Crippen molar-refractivity contribution in [3.63, 3.8) is 0 Å². The van der Waals surface area contributed by atoms with E-state index in [1.807, 2.05) is 48.5 Å². The van der Waals surface area contributed by atoms with Gasteiger partial charge in [-0.15, -0.1) is 0 Å². The average Bonchev–Trinajstić information content (AvgIpc) is 3.16. The Morgan fingerprint density at radius 1 is 0.944 bits per heavy atom. The number of amides is 1. The fourth-order valence-electron chi connectivity index (χ4n) is 4.98. The van der Waals surface area contributed by atoms with Gasteiger partial charge in [-0.2, -0.15) is 0 Å². The van der Waals surface area contributed by atoms with Crippen molar-refractivity contribution in [3.8, 4) is 0 Å². The molecule has 6 rings (SSSR count). The second kappa shape index (κ2) is 8.25. The molecular formula is C26H21N3O7. The Kier molecular flexibility index (Phi) is 5.13. The maximum Gasteiger partial charge on any atom is 0.330 e. The van der Waals surface area contributed by atoms with Crippen LogP contribution in [0.1, 0.15) is 16.6 Å². The maximum absolute atomic E-state index is 13.2. The van der Waals surface area contributed by atoms with Gasteiger partial charge in [-0.05, 0) is 33.0 Å². The minimum atomic E-state index is -1.56. The third-order valence-electron chi connectivity index (χ3n) is 6.78. The molecule has 5 aromatic rings. The van der Waals surface area contributed by atoms with Crippen LogP contribution >= 0.6 is 0 Å². The van der Waals surface area contributed by atoms with Crippen LogP contribution in [0.15, 0.2) is 70.4 Å². The highest BCUT2D eigenvalue weighted by molar-refractivity contribution is 6.26. The minimum absolute atomic E-state index is 0.391. The van der Waals surface area contributed by atoms with E-state index in [1.54, 1.807) is 6.07 Å². The SMILES string of the molecule is O=C(Nc1ccc2ccc3cccc4ccc1c2c34)c1cn([C@@H]2O[C@H](CO)[C@@H](O)[C@H]2O)c(=O)[nH]c1=O. The highest BCUT2D eigenvalue weighted by Gasteiger charge is 2.44. The Balaban J connectivity index is 1.41. The number of anilines is 1. The number of benzene rings is 4. The number of aliphatic hydroxyl groups is 3. The first-order valence-corrected chi connectivity index (χ1v) is 11.3. The molecule has 1 fully saturated rings. The Labute approximate surface area is 202 Å². The molecule has 36 heavy (non-hydrogen) atoms. The molecule has 0 bridgehead atoms. The van der Waals surface area contributed by atoms with Gasteiger partial charge in [0.1, 0.15) is 23.9 Å². The van der Waals surface area contributed by atoms with Gasteiger partial charge < -0.3 is 25.4 Å². The van der Waals surface area contributed by atoms with E-state index in [-0.39, 0.29) is 0 Å². The number of hydrogen-bond acceptors (Lipinski definition) is 7. The molecule has 1 aliphatic rings. The third kappa shape index (κ3) is 3.31. The van der Waals surface area contributed by atoms with Crippen molar-refractivity contribution >= 4 is 43.9 Å². The van der Waals surface area contributed by atoms with Gasteiger partial charge in [0.2, 0.25) is 0 Å². The summed E-state index contributed by atoms with van der Waals surface area (Å²) in [5.74, 6) is -0.772. The standard InChI is InChI=1S/C26H21N3O7/c30-11-18-21(31)22(32)25(36-18)29-10-16(24(34)28-26(29)35)23(33)27-17-9-7-14-5-4-12-2-1-3-13-6-8-15(17)20(14)19(12)13/h1-10,18,21-22,25,30-32H,11H2,(H,27,33)(H,28,34,35)/t18-,21-,22-,25-/m1/s1. The number of ether oxygens (including phenoxy) is 1. The van der Waals surface area contributed by atoms with Crippen LogP contribution in [0.5, 0.6) is 0 Å². The van der Waals surface area contributed by atoms with Crippen LogP contribution in [-0.4, -0.2) is 55.7 Å². The van der Waals surface area contributed by atoms with Gasteiger partial charge in [0.15, 0.2) is 6.23 Å². The van der Waals surface area contributed by atoms with E-state index < -0.39 is 53.9 Å². The number of hydrogen-bond donors (Lipinski definition) is 5. The highest BCUT2D eigenvalue weighted by Crippen LogP contribution is 2.37. The summed E-state index contributed by atoms with van der Waals surface area (Å²) < 4.78 is 6.20. The fourth-order valence-corrected chi connectivity index (χ4v) is 4.98. The molecule has 1 amide bonds. The molecular weight excluding hydrogens is 466 g/mol. The van der Waals surface area contributed by atoms with Crippen molar-refractivity contribution in [1.29, 1.82) is 0 Å². The Bertz CT molecular complexity index is 1740. The lowest BCUT2D eigenvalue weighted by molar-refractivity contribution is -0.0550. The predicted molar refractivity (Wildman–Crippen MR) is 132 cm³/mol. The van der Waals surface area contributed by atoms with E-state index in [0.29, 0.717) is 5.69 Å². The zero-order valence-electron chi connectivity index (χ0n) is 18.7. The molecule has 1 aromatic heterocycles. The lowest BCUT2D eigenvalue weighted by Gasteiger charge is -2.18. The molecule has 1 saturated heterocycles. The van der Waals surface area contributed by atoms with E-state index in [1.165, 1.54) is 0 Å². The quantitative estimate of drug-likeness (QED) is 0.239. The van der Waals surface area contributed by atoms with Crippen molar-refractivity contribution in [2.75, 3.05) is 11.9 Å². The van der Waals surface area contributed by atoms with Gasteiger partial charge >= 0.3 is 5.69 Å². The van der Waals surface area contributed by atoms with Gasteiger partial charge in [0.05, 0.1) is 6.61 Å². The number of aromatic nitrogens is 2. The molecule has 0 unspecified atom stereocenters. The Morgan fingerprint density at radius 2 is 1.61 bits per heavy atom. The number of carbonyl (C=O) groups excluding carboxylic acids is 1. The molecule has 0 radical (unpaired) electrons. The van der Waals surface area contributed by atoms with Gasteiger partial charge in [0.25, 0.3) is 11.5 Å². The first kappa shape index (κ1) is 22.4. The second-order valence-electron chi connectivity index (χ2n) is 8.86. The van der Waals surface area contributed by atoms with Gasteiger partial charge in [-0.25, -0.2) is 4.79 Å². The Hall–Kier alpha value is -4.09. The number of carbonyl (C=O) groups is 1.